The molecule has 0 spiro atoms. The number of para-hydroxylation sites is 1. The Morgan fingerprint density at radius 3 is 2.62 bits per heavy atom. The van der Waals surface area contributed by atoms with Gasteiger partial charge in [0.05, 0.1) is 11.3 Å². The van der Waals surface area contributed by atoms with E-state index in [1.165, 1.54) is 4.90 Å². The van der Waals surface area contributed by atoms with Gasteiger partial charge in [0.2, 0.25) is 11.8 Å². The molecule has 3 aromatic rings. The molecule has 176 valence electrons. The number of nitrogens with one attached hydrogen (secondary N) is 2. The molecular formula is C26H27N3O4S. The number of H-pyrrole nitrogens is 1. The largest absolute Gasteiger partial charge is 0.480 e. The molecule has 1 saturated heterocycles. The predicted molar refractivity (Wildman–Crippen MR) is 132 cm³/mol. The van der Waals surface area contributed by atoms with Crippen LogP contribution >= 0.6 is 12.6 Å². The summed E-state index contributed by atoms with van der Waals surface area (Å²) in [5.41, 5.74) is 3.77. The number of hydrogen-bond acceptors (Lipinski definition) is 4. The lowest BCUT2D eigenvalue weighted by Crippen LogP contribution is -2.56. The molecule has 0 bridgehead atoms. The van der Waals surface area contributed by atoms with E-state index in [4.69, 9.17) is 0 Å². The van der Waals surface area contributed by atoms with Crippen LogP contribution in [0.5, 0.6) is 0 Å². The summed E-state index contributed by atoms with van der Waals surface area (Å²) < 4.78 is 0. The van der Waals surface area contributed by atoms with Gasteiger partial charge in [-0.25, -0.2) is 4.79 Å². The zero-order valence-electron chi connectivity index (χ0n) is 18.6. The van der Waals surface area contributed by atoms with E-state index in [2.05, 4.69) is 22.9 Å². The minimum atomic E-state index is -1.01. The van der Waals surface area contributed by atoms with Crippen LogP contribution in [0.25, 0.3) is 10.9 Å². The van der Waals surface area contributed by atoms with Gasteiger partial charge in [0.15, 0.2) is 0 Å². The Balaban J connectivity index is 1.49. The van der Waals surface area contributed by atoms with E-state index in [1.54, 1.807) is 0 Å². The van der Waals surface area contributed by atoms with Crippen molar-refractivity contribution in [3.8, 4) is 0 Å². The van der Waals surface area contributed by atoms with Crippen molar-refractivity contribution in [3.63, 3.8) is 0 Å². The van der Waals surface area contributed by atoms with Crippen molar-refractivity contribution in [1.82, 2.24) is 15.2 Å². The van der Waals surface area contributed by atoms with Crippen molar-refractivity contribution in [2.75, 3.05) is 0 Å². The fraction of sp³-hybridized carbons (Fsp3) is 0.346. The number of benzene rings is 2. The molecule has 4 atom stereocenters. The summed E-state index contributed by atoms with van der Waals surface area (Å²) >= 11 is 4.50. The van der Waals surface area contributed by atoms with Crippen LogP contribution < -0.4 is 5.32 Å². The van der Waals surface area contributed by atoms with Crippen LogP contribution in [0, 0.1) is 0 Å². The molecule has 34 heavy (non-hydrogen) atoms. The Kier molecular flexibility index (Phi) is 6.08. The molecule has 1 aromatic heterocycles. The number of aromatic amines is 1. The molecule has 2 aromatic carbocycles. The molecule has 0 unspecified atom stereocenters. The third-order valence-corrected chi connectivity index (χ3v) is 7.36. The van der Waals surface area contributed by atoms with Gasteiger partial charge in [-0.1, -0.05) is 48.5 Å². The first-order chi connectivity index (χ1) is 16.4. The number of aromatic nitrogens is 1. The molecule has 8 heteroatoms. The number of carbonyl (C=O) groups is 3. The maximum atomic E-state index is 13.7. The lowest BCUT2D eigenvalue weighted by molar-refractivity contribution is -0.156. The molecule has 0 radical (unpaired) electrons. The second-order valence-corrected chi connectivity index (χ2v) is 9.70. The van der Waals surface area contributed by atoms with Crippen molar-refractivity contribution in [1.29, 1.82) is 0 Å². The van der Waals surface area contributed by atoms with E-state index < -0.39 is 23.3 Å². The zero-order valence-corrected chi connectivity index (χ0v) is 19.5. The maximum absolute atomic E-state index is 13.7. The summed E-state index contributed by atoms with van der Waals surface area (Å²) in [6.45, 7) is 0. The van der Waals surface area contributed by atoms with Gasteiger partial charge in [-0.05, 0) is 42.9 Å². The van der Waals surface area contributed by atoms with Crippen LogP contribution in [0.3, 0.4) is 0 Å². The van der Waals surface area contributed by atoms with Crippen molar-refractivity contribution in [2.45, 2.75) is 55.5 Å². The van der Waals surface area contributed by atoms with Crippen LogP contribution in [0.2, 0.25) is 0 Å². The molecule has 0 aliphatic carbocycles. The Hall–Kier alpha value is -3.26. The van der Waals surface area contributed by atoms with Gasteiger partial charge in [-0.15, -0.1) is 0 Å². The summed E-state index contributed by atoms with van der Waals surface area (Å²) in [6, 6.07) is 15.3. The average molecular weight is 478 g/mol. The molecular weight excluding hydrogens is 450 g/mol. The number of nitrogens with zero attached hydrogens (tertiary/aromatic N) is 1. The van der Waals surface area contributed by atoms with Gasteiger partial charge in [-0.2, -0.15) is 12.6 Å². The quantitative estimate of drug-likeness (QED) is 0.424. The standard InChI is InChI=1S/C26H27N3O4S/c30-24(22(34)13-15-7-2-1-3-8-15)28-19-14-17-16-9-4-5-10-18(16)27-23(17)20-11-6-12-21(26(32)33)29(20)25(19)31/h1-5,7-10,19-22,27,34H,6,11-14H2,(H,28,30)(H,32,33)/t19-,20+,21-,22-/m1/s1. The van der Waals surface area contributed by atoms with Crippen LogP contribution in [0.1, 0.15) is 42.1 Å². The maximum Gasteiger partial charge on any atom is 0.326 e. The van der Waals surface area contributed by atoms with E-state index >= 15 is 0 Å². The smallest absolute Gasteiger partial charge is 0.326 e. The minimum Gasteiger partial charge on any atom is -0.480 e. The highest BCUT2D eigenvalue weighted by Crippen LogP contribution is 2.41. The SMILES string of the molecule is O=C(N[C@@H]1Cc2c([nH]c3ccccc23)[C@@H]2CCC[C@H](C(=O)O)N2C1=O)[C@H](S)Cc1ccccc1. The van der Waals surface area contributed by atoms with E-state index in [0.717, 1.165) is 27.7 Å². The summed E-state index contributed by atoms with van der Waals surface area (Å²) in [7, 11) is 0. The molecule has 5 rings (SSSR count). The highest BCUT2D eigenvalue weighted by atomic mass is 32.1. The van der Waals surface area contributed by atoms with Crippen molar-refractivity contribution < 1.29 is 19.5 Å². The second-order valence-electron chi connectivity index (χ2n) is 9.08. The van der Waals surface area contributed by atoms with Gasteiger partial charge in [0, 0.05) is 23.0 Å². The Morgan fingerprint density at radius 1 is 1.12 bits per heavy atom. The normalized spacial score (nSPS) is 23.0. The Bertz CT molecular complexity index is 1240. The van der Waals surface area contributed by atoms with E-state index in [1.807, 2.05) is 54.6 Å². The van der Waals surface area contributed by atoms with E-state index in [-0.39, 0.29) is 17.9 Å². The molecule has 2 aliphatic rings. The third kappa shape index (κ3) is 4.07. The number of rotatable bonds is 5. The molecule has 3 N–H and O–H groups in total. The number of piperidine rings is 1. The first kappa shape index (κ1) is 22.5. The molecule has 3 heterocycles. The first-order valence-electron chi connectivity index (χ1n) is 11.6. The summed E-state index contributed by atoms with van der Waals surface area (Å²) in [5, 5.41) is 13.2. The number of hydrogen-bond donors (Lipinski definition) is 4. The molecule has 0 saturated carbocycles. The number of carbonyl (C=O) groups excluding carboxylic acids is 2. The zero-order chi connectivity index (χ0) is 23.8. The fourth-order valence-corrected chi connectivity index (χ4v) is 5.63. The van der Waals surface area contributed by atoms with Crippen LogP contribution in [0.4, 0.5) is 0 Å². The summed E-state index contributed by atoms with van der Waals surface area (Å²) in [5.74, 6) is -1.70. The van der Waals surface area contributed by atoms with Gasteiger partial charge in [-0.3, -0.25) is 9.59 Å². The summed E-state index contributed by atoms with van der Waals surface area (Å²) in [4.78, 5) is 43.8. The summed E-state index contributed by atoms with van der Waals surface area (Å²) in [6.07, 6.45) is 2.53. The van der Waals surface area contributed by atoms with Gasteiger partial charge >= 0.3 is 5.97 Å². The van der Waals surface area contributed by atoms with Gasteiger partial charge in [0.1, 0.15) is 12.1 Å². The topological polar surface area (TPSA) is 102 Å². The number of aliphatic carboxylic acids is 1. The Labute approximate surface area is 202 Å². The monoisotopic (exact) mass is 477 g/mol. The molecule has 2 amide bonds. The van der Waals surface area contributed by atoms with Crippen molar-refractivity contribution in [2.24, 2.45) is 0 Å². The second kappa shape index (κ2) is 9.18. The van der Waals surface area contributed by atoms with Gasteiger partial charge < -0.3 is 20.3 Å². The number of carboxylic acids is 1. The Morgan fingerprint density at radius 2 is 1.85 bits per heavy atom. The lowest BCUT2D eigenvalue weighted by Gasteiger charge is -2.40. The van der Waals surface area contributed by atoms with Gasteiger partial charge in [0.25, 0.3) is 0 Å². The highest BCUT2D eigenvalue weighted by molar-refractivity contribution is 7.81. The number of carboxylic acid groups (broad SMARTS) is 1. The minimum absolute atomic E-state index is 0.301. The van der Waals surface area contributed by atoms with Crippen LogP contribution in [-0.2, 0) is 27.2 Å². The number of thiol groups is 1. The third-order valence-electron chi connectivity index (χ3n) is 6.94. The highest BCUT2D eigenvalue weighted by Gasteiger charge is 2.45. The fourth-order valence-electron chi connectivity index (χ4n) is 5.34. The number of fused-ring (bicyclic) bond motifs is 5. The van der Waals surface area contributed by atoms with E-state index in [9.17, 15) is 19.5 Å². The van der Waals surface area contributed by atoms with Crippen molar-refractivity contribution in [3.05, 3.63) is 71.4 Å². The van der Waals surface area contributed by atoms with Crippen molar-refractivity contribution >= 4 is 41.3 Å². The lowest BCUT2D eigenvalue weighted by atomic mass is 9.92. The van der Waals surface area contributed by atoms with Crippen LogP contribution in [-0.4, -0.2) is 50.1 Å². The van der Waals surface area contributed by atoms with E-state index in [0.29, 0.717) is 32.1 Å². The average Bonchev–Trinajstić information content (AvgIpc) is 3.16. The number of amides is 2. The molecule has 2 aliphatic heterocycles. The predicted octanol–water partition coefficient (Wildman–Crippen LogP) is 3.26. The van der Waals surface area contributed by atoms with Crippen LogP contribution in [0.15, 0.2) is 54.6 Å². The first-order valence-corrected chi connectivity index (χ1v) is 12.1. The molecule has 1 fully saturated rings. The molecule has 7 nitrogen and oxygen atoms in total.